The summed E-state index contributed by atoms with van der Waals surface area (Å²) in [6.07, 6.45) is 0. The topological polar surface area (TPSA) is 70.6 Å². The van der Waals surface area contributed by atoms with Gasteiger partial charge in [-0.3, -0.25) is 9.59 Å². The van der Waals surface area contributed by atoms with Gasteiger partial charge in [0.05, 0.1) is 11.4 Å². The van der Waals surface area contributed by atoms with Crippen molar-refractivity contribution in [3.8, 4) is 0 Å². The number of carbonyl (C=O) groups is 2. The highest BCUT2D eigenvalue weighted by Gasteiger charge is 2.26. The van der Waals surface area contributed by atoms with Gasteiger partial charge in [-0.2, -0.15) is 0 Å². The number of amides is 2. The molecule has 6 heteroatoms. The lowest BCUT2D eigenvalue weighted by Gasteiger charge is -2.06. The Labute approximate surface area is 167 Å². The average molecular weight is 390 g/mol. The predicted molar refractivity (Wildman–Crippen MR) is 112 cm³/mol. The molecule has 0 saturated heterocycles. The smallest absolute Gasteiger partial charge is 0.275 e. The normalized spacial score (nSPS) is 13.9. The second-order valence-electron chi connectivity index (χ2n) is 6.47. The molecule has 5 nitrogen and oxygen atoms in total. The number of rotatable bonds is 3. The number of nitrogens with one attached hydrogen (secondary N) is 2. The molecule has 1 heterocycles. The van der Waals surface area contributed by atoms with Crippen LogP contribution in [0.5, 0.6) is 0 Å². The van der Waals surface area contributed by atoms with E-state index in [0.717, 1.165) is 11.3 Å². The Morgan fingerprint density at radius 3 is 2.43 bits per heavy atom. The maximum absolute atomic E-state index is 12.4. The molecular formula is C22H16ClN3O2. The van der Waals surface area contributed by atoms with E-state index in [9.17, 15) is 9.59 Å². The molecule has 0 saturated carbocycles. The molecule has 1 aliphatic rings. The Kier molecular flexibility index (Phi) is 4.67. The van der Waals surface area contributed by atoms with Gasteiger partial charge in [0.15, 0.2) is 0 Å². The van der Waals surface area contributed by atoms with Crippen molar-refractivity contribution < 1.29 is 9.59 Å². The van der Waals surface area contributed by atoms with E-state index in [2.05, 4.69) is 15.6 Å². The minimum atomic E-state index is -0.279. The maximum atomic E-state index is 12.4. The standard InChI is InChI=1S/C22H16ClN3O2/c1-13-2-7-17(8-3-13)25-21(27)14-4-9-16(10-5-14)24-20-18-12-15(23)6-11-19(18)26-22(20)28/h2-12H,1H3,(H,25,27)(H,24,26,28). The van der Waals surface area contributed by atoms with Crippen molar-refractivity contribution in [1.82, 2.24) is 0 Å². The number of hydrogen-bond acceptors (Lipinski definition) is 3. The van der Waals surface area contributed by atoms with Gasteiger partial charge in [0.1, 0.15) is 5.71 Å². The number of hydrogen-bond donors (Lipinski definition) is 2. The van der Waals surface area contributed by atoms with Crippen LogP contribution in [0.4, 0.5) is 17.1 Å². The van der Waals surface area contributed by atoms with E-state index in [1.54, 1.807) is 42.5 Å². The van der Waals surface area contributed by atoms with Crippen LogP contribution in [0.1, 0.15) is 21.5 Å². The summed E-state index contributed by atoms with van der Waals surface area (Å²) in [5.74, 6) is -0.489. The summed E-state index contributed by atoms with van der Waals surface area (Å²) in [6.45, 7) is 1.99. The van der Waals surface area contributed by atoms with Crippen molar-refractivity contribution in [2.45, 2.75) is 6.92 Å². The molecule has 0 unspecified atom stereocenters. The van der Waals surface area contributed by atoms with Crippen LogP contribution in [0.15, 0.2) is 71.7 Å². The number of anilines is 2. The van der Waals surface area contributed by atoms with Crippen LogP contribution in [0, 0.1) is 6.92 Å². The first kappa shape index (κ1) is 17.9. The van der Waals surface area contributed by atoms with Crippen LogP contribution in [-0.2, 0) is 4.79 Å². The van der Waals surface area contributed by atoms with E-state index < -0.39 is 0 Å². The molecule has 1 aliphatic heterocycles. The number of carbonyl (C=O) groups excluding carboxylic acids is 2. The summed E-state index contributed by atoms with van der Waals surface area (Å²) in [4.78, 5) is 29.0. The van der Waals surface area contributed by atoms with Gasteiger partial charge in [-0.1, -0.05) is 29.3 Å². The predicted octanol–water partition coefficient (Wildman–Crippen LogP) is 4.97. The van der Waals surface area contributed by atoms with Crippen molar-refractivity contribution in [2.75, 3.05) is 10.6 Å². The Morgan fingerprint density at radius 1 is 1.00 bits per heavy atom. The first-order valence-corrected chi connectivity index (χ1v) is 9.05. The average Bonchev–Trinajstić information content (AvgIpc) is 2.99. The zero-order valence-corrected chi connectivity index (χ0v) is 15.7. The van der Waals surface area contributed by atoms with E-state index in [0.29, 0.717) is 33.2 Å². The maximum Gasteiger partial charge on any atom is 0.275 e. The zero-order valence-electron chi connectivity index (χ0n) is 15.0. The van der Waals surface area contributed by atoms with Gasteiger partial charge < -0.3 is 10.6 Å². The molecule has 0 radical (unpaired) electrons. The summed E-state index contributed by atoms with van der Waals surface area (Å²) in [5, 5.41) is 6.15. The van der Waals surface area contributed by atoms with Crippen molar-refractivity contribution in [2.24, 2.45) is 4.99 Å². The van der Waals surface area contributed by atoms with Crippen LogP contribution < -0.4 is 10.6 Å². The summed E-state index contributed by atoms with van der Waals surface area (Å²) in [5.41, 5.74) is 4.58. The van der Waals surface area contributed by atoms with Crippen LogP contribution in [0.2, 0.25) is 5.02 Å². The minimum absolute atomic E-state index is 0.209. The Hall–Kier alpha value is -3.44. The first-order valence-electron chi connectivity index (χ1n) is 8.68. The Balaban J connectivity index is 1.55. The minimum Gasteiger partial charge on any atom is -0.322 e. The summed E-state index contributed by atoms with van der Waals surface area (Å²) in [6, 6.07) is 19.5. The lowest BCUT2D eigenvalue weighted by molar-refractivity contribution is -0.110. The molecule has 0 atom stereocenters. The molecule has 0 aromatic heterocycles. The van der Waals surface area contributed by atoms with Gasteiger partial charge >= 0.3 is 0 Å². The van der Waals surface area contributed by atoms with Crippen molar-refractivity contribution in [3.63, 3.8) is 0 Å². The van der Waals surface area contributed by atoms with Crippen LogP contribution >= 0.6 is 11.6 Å². The number of benzene rings is 3. The third-order valence-electron chi connectivity index (χ3n) is 4.38. The molecule has 138 valence electrons. The molecule has 3 aromatic carbocycles. The summed E-state index contributed by atoms with van der Waals surface area (Å²) in [7, 11) is 0. The van der Waals surface area contributed by atoms with Crippen LogP contribution in [-0.4, -0.2) is 17.5 Å². The Morgan fingerprint density at radius 2 is 1.71 bits per heavy atom. The second-order valence-corrected chi connectivity index (χ2v) is 6.91. The third-order valence-corrected chi connectivity index (χ3v) is 4.61. The monoisotopic (exact) mass is 389 g/mol. The fourth-order valence-electron chi connectivity index (χ4n) is 2.89. The quantitative estimate of drug-likeness (QED) is 0.663. The molecule has 28 heavy (non-hydrogen) atoms. The van der Waals surface area contributed by atoms with E-state index >= 15 is 0 Å². The van der Waals surface area contributed by atoms with Crippen molar-refractivity contribution in [1.29, 1.82) is 0 Å². The largest absolute Gasteiger partial charge is 0.322 e. The van der Waals surface area contributed by atoms with Gasteiger partial charge in [-0.25, -0.2) is 4.99 Å². The molecule has 0 fully saturated rings. The summed E-state index contributed by atoms with van der Waals surface area (Å²) >= 11 is 6.03. The van der Waals surface area contributed by atoms with Crippen molar-refractivity contribution >= 4 is 46.2 Å². The van der Waals surface area contributed by atoms with E-state index in [-0.39, 0.29) is 11.8 Å². The summed E-state index contributed by atoms with van der Waals surface area (Å²) < 4.78 is 0. The van der Waals surface area contributed by atoms with Gasteiger partial charge in [0.2, 0.25) is 0 Å². The number of fused-ring (bicyclic) bond motifs is 1. The number of aliphatic imine (C=N–C) groups is 1. The first-order chi connectivity index (χ1) is 13.5. The van der Waals surface area contributed by atoms with Crippen LogP contribution in [0.3, 0.4) is 0 Å². The molecule has 2 N–H and O–H groups in total. The van der Waals surface area contributed by atoms with E-state index in [4.69, 9.17) is 11.6 Å². The fraction of sp³-hybridized carbons (Fsp3) is 0.0455. The van der Waals surface area contributed by atoms with Gasteiger partial charge in [-0.05, 0) is 61.5 Å². The zero-order chi connectivity index (χ0) is 19.7. The molecule has 0 aliphatic carbocycles. The van der Waals surface area contributed by atoms with E-state index in [1.165, 1.54) is 0 Å². The molecular weight excluding hydrogens is 374 g/mol. The number of halogens is 1. The lowest BCUT2D eigenvalue weighted by atomic mass is 10.1. The van der Waals surface area contributed by atoms with Gasteiger partial charge in [0, 0.05) is 21.8 Å². The Bertz CT molecular complexity index is 1100. The SMILES string of the molecule is Cc1ccc(NC(=O)c2ccc(N=C3C(=O)Nc4ccc(Cl)cc43)cc2)cc1. The highest BCUT2D eigenvalue weighted by atomic mass is 35.5. The molecule has 0 spiro atoms. The number of aryl methyl sites for hydroxylation is 1. The third kappa shape index (κ3) is 3.66. The van der Waals surface area contributed by atoms with Gasteiger partial charge in [-0.15, -0.1) is 0 Å². The number of nitrogens with zero attached hydrogens (tertiary/aromatic N) is 1. The fourth-order valence-corrected chi connectivity index (χ4v) is 3.06. The molecule has 4 rings (SSSR count). The molecule has 3 aromatic rings. The lowest BCUT2D eigenvalue weighted by Crippen LogP contribution is -2.14. The highest BCUT2D eigenvalue weighted by Crippen LogP contribution is 2.28. The van der Waals surface area contributed by atoms with E-state index in [1.807, 2.05) is 31.2 Å². The highest BCUT2D eigenvalue weighted by molar-refractivity contribution is 6.54. The van der Waals surface area contributed by atoms with Crippen LogP contribution in [0.25, 0.3) is 0 Å². The van der Waals surface area contributed by atoms with Crippen molar-refractivity contribution in [3.05, 3.63) is 88.4 Å². The molecule has 2 amide bonds. The van der Waals surface area contributed by atoms with Gasteiger partial charge in [0.25, 0.3) is 11.8 Å². The second kappa shape index (κ2) is 7.29. The molecule has 0 bridgehead atoms.